The van der Waals surface area contributed by atoms with Crippen LogP contribution in [0.15, 0.2) is 34.9 Å². The number of nitrogens with zero attached hydrogens (tertiary/aromatic N) is 1. The van der Waals surface area contributed by atoms with Gasteiger partial charge in [-0.3, -0.25) is 14.4 Å². The van der Waals surface area contributed by atoms with Crippen molar-refractivity contribution in [2.75, 3.05) is 27.4 Å². The molecule has 14 atom stereocenters. The van der Waals surface area contributed by atoms with Crippen molar-refractivity contribution in [3.05, 3.63) is 34.9 Å². The van der Waals surface area contributed by atoms with Crippen molar-refractivity contribution >= 4 is 23.4 Å². The molecule has 0 radical (unpaired) electrons. The number of ether oxygens (including phenoxy) is 5. The van der Waals surface area contributed by atoms with Crippen LogP contribution in [0.3, 0.4) is 0 Å². The number of methoxy groups -OCH3 is 2. The van der Waals surface area contributed by atoms with Gasteiger partial charge in [-0.15, -0.1) is 0 Å². The molecule has 1 aliphatic carbocycles. The van der Waals surface area contributed by atoms with Gasteiger partial charge in [-0.25, -0.2) is 4.79 Å². The molecule has 0 aromatic carbocycles. The Morgan fingerprint density at radius 3 is 2.30 bits per heavy atom. The first kappa shape index (κ1) is 49.9. The van der Waals surface area contributed by atoms with Gasteiger partial charge < -0.3 is 44.5 Å². The summed E-state index contributed by atoms with van der Waals surface area (Å²) in [6, 6.07) is -1.24. The van der Waals surface area contributed by atoms with E-state index in [-0.39, 0.29) is 55.6 Å². The molecule has 2 bridgehead atoms. The molecule has 2 saturated heterocycles. The molecule has 0 aromatic rings. The third kappa shape index (κ3) is 12.4. The van der Waals surface area contributed by atoms with Crippen molar-refractivity contribution in [3.8, 4) is 0 Å². The summed E-state index contributed by atoms with van der Waals surface area (Å²) in [5.74, 6) is -7.37. The van der Waals surface area contributed by atoms with Crippen LogP contribution in [0.1, 0.15) is 126 Å². The van der Waals surface area contributed by atoms with Gasteiger partial charge in [-0.05, 0) is 109 Å². The summed E-state index contributed by atoms with van der Waals surface area (Å²) in [5, 5.41) is 23.8. The van der Waals surface area contributed by atoms with Crippen LogP contribution >= 0.6 is 0 Å². The molecule has 4 N–H and O–H groups in total. The first-order valence-corrected chi connectivity index (χ1v) is 22.4. The molecular formula is C47H76N2O11. The van der Waals surface area contributed by atoms with Gasteiger partial charge in [0.2, 0.25) is 5.79 Å². The maximum atomic E-state index is 14.4. The molecule has 13 nitrogen and oxygen atoms in total. The van der Waals surface area contributed by atoms with Crippen molar-refractivity contribution in [1.82, 2.24) is 4.90 Å². The summed E-state index contributed by atoms with van der Waals surface area (Å²) < 4.78 is 30.5. The number of piperidine rings is 1. The molecular weight excluding hydrogens is 769 g/mol. The zero-order chi connectivity index (χ0) is 44.5. The van der Waals surface area contributed by atoms with Crippen LogP contribution in [0.25, 0.3) is 0 Å². The van der Waals surface area contributed by atoms with E-state index in [2.05, 4.69) is 13.0 Å². The molecule has 4 rings (SSSR count). The van der Waals surface area contributed by atoms with E-state index in [1.807, 2.05) is 46.8 Å². The summed E-state index contributed by atoms with van der Waals surface area (Å²) in [7, 11) is 3.08. The molecule has 14 unspecified atom stereocenters. The Labute approximate surface area is 358 Å². The summed E-state index contributed by atoms with van der Waals surface area (Å²) in [6.45, 7) is 15.9. The van der Waals surface area contributed by atoms with Gasteiger partial charge in [-0.2, -0.15) is 0 Å². The standard InChI is InChI=1S/C47H76N2O11/c1-11-34-21-28(4)20-29(5)22-40(56-9)43-41(57-10)24-31(7)47(55,60-43)44(52)45(53)49-18-13-12-14-36(49)46(54)59-42(32(8)37(50)26-38(34)51)30(6)23-33-15-16-35(48)39(25-33)58-19-17-27(2)3/h17,21,23,29,31-37,39-43,50,55H,11-16,18-20,22,24-26,48H2,1-10H3/b28-21+,30-23?. The number of carbonyl (C=O) groups is 4. The van der Waals surface area contributed by atoms with Gasteiger partial charge in [0.15, 0.2) is 0 Å². The molecule has 3 aliphatic heterocycles. The topological polar surface area (TPSA) is 184 Å². The Hall–Kier alpha value is -2.78. The normalized spacial score (nSPS) is 39.5. The highest BCUT2D eigenvalue weighted by molar-refractivity contribution is 6.39. The number of allylic oxidation sites excluding steroid dienone is 4. The average molecular weight is 845 g/mol. The fraction of sp³-hybridized carbons (Fsp3) is 0.787. The third-order valence-corrected chi connectivity index (χ3v) is 13.5. The second kappa shape index (κ2) is 22.5. The van der Waals surface area contributed by atoms with Gasteiger partial charge in [0, 0.05) is 51.0 Å². The summed E-state index contributed by atoms with van der Waals surface area (Å²) in [4.78, 5) is 58.1. The third-order valence-electron chi connectivity index (χ3n) is 13.5. The number of rotatable bonds is 8. The predicted molar refractivity (Wildman–Crippen MR) is 228 cm³/mol. The summed E-state index contributed by atoms with van der Waals surface area (Å²) in [6.07, 6.45) is 7.12. The van der Waals surface area contributed by atoms with Crippen LogP contribution in [0, 0.1) is 29.6 Å². The number of Topliss-reactive ketones (excluding diaryl/α,β-unsaturated/α-hetero) is 2. The van der Waals surface area contributed by atoms with Crippen LogP contribution in [0.5, 0.6) is 0 Å². The number of aliphatic hydroxyl groups excluding tert-OH is 1. The van der Waals surface area contributed by atoms with Crippen LogP contribution in [-0.2, 0) is 42.9 Å². The quantitative estimate of drug-likeness (QED) is 0.152. The molecule has 13 heteroatoms. The molecule has 1 saturated carbocycles. The molecule has 1 amide bonds. The lowest BCUT2D eigenvalue weighted by atomic mass is 9.81. The number of ketones is 2. The van der Waals surface area contributed by atoms with E-state index in [0.717, 1.165) is 24.0 Å². The van der Waals surface area contributed by atoms with Crippen molar-refractivity contribution < 1.29 is 53.1 Å². The first-order chi connectivity index (χ1) is 28.3. The van der Waals surface area contributed by atoms with E-state index in [1.165, 1.54) is 19.1 Å². The van der Waals surface area contributed by atoms with Crippen molar-refractivity contribution in [3.63, 3.8) is 0 Å². The first-order valence-electron chi connectivity index (χ1n) is 22.4. The van der Waals surface area contributed by atoms with E-state index in [0.29, 0.717) is 50.7 Å². The number of nitrogens with two attached hydrogens (primary N) is 1. The van der Waals surface area contributed by atoms with Gasteiger partial charge in [0.05, 0.1) is 31.0 Å². The highest BCUT2D eigenvalue weighted by atomic mass is 16.7. The molecule has 340 valence electrons. The lowest BCUT2D eigenvalue weighted by Crippen LogP contribution is -2.64. The second-order valence-corrected chi connectivity index (χ2v) is 18.6. The number of amides is 1. The number of hydrogen-bond acceptors (Lipinski definition) is 12. The van der Waals surface area contributed by atoms with E-state index in [1.54, 1.807) is 13.8 Å². The molecule has 4 aliphatic rings. The van der Waals surface area contributed by atoms with E-state index in [9.17, 15) is 29.4 Å². The van der Waals surface area contributed by atoms with E-state index < -0.39 is 77.8 Å². The van der Waals surface area contributed by atoms with Gasteiger partial charge >= 0.3 is 5.97 Å². The average Bonchev–Trinajstić information content (AvgIpc) is 3.21. The number of carbonyl (C=O) groups excluding carboxylic acids is 4. The highest BCUT2D eigenvalue weighted by Gasteiger charge is 2.56. The number of esters is 1. The summed E-state index contributed by atoms with van der Waals surface area (Å²) in [5.41, 5.74) is 9.34. The smallest absolute Gasteiger partial charge is 0.329 e. The number of fused-ring (bicyclic) bond motifs is 3. The van der Waals surface area contributed by atoms with Crippen molar-refractivity contribution in [2.24, 2.45) is 35.3 Å². The molecule has 3 heterocycles. The van der Waals surface area contributed by atoms with Crippen molar-refractivity contribution in [2.45, 2.75) is 181 Å². The maximum absolute atomic E-state index is 14.4. The minimum atomic E-state index is -2.50. The Bertz CT molecular complexity index is 1570. The predicted octanol–water partition coefficient (Wildman–Crippen LogP) is 5.78. The molecule has 0 spiro atoms. The van der Waals surface area contributed by atoms with Gasteiger partial charge in [-0.1, -0.05) is 57.1 Å². The molecule has 3 fully saturated rings. The lowest BCUT2D eigenvalue weighted by molar-refractivity contribution is -0.302. The van der Waals surface area contributed by atoms with Crippen molar-refractivity contribution in [1.29, 1.82) is 0 Å². The number of hydrogen-bond donors (Lipinski definition) is 3. The monoisotopic (exact) mass is 845 g/mol. The SMILES string of the molecule is CCC1/C=C(\C)CC(C)CC(OC)C2OC(O)(C(=O)C(=O)N3CCCCC3C(=O)OC(C(C)=CC3CCC(N)C(OCC=C(C)C)C3)C(C)C(O)CC1=O)C(C)CC2OC. The molecule has 60 heavy (non-hydrogen) atoms. The van der Waals surface area contributed by atoms with Gasteiger partial charge in [0.1, 0.15) is 24.0 Å². The Balaban J connectivity index is 1.74. The lowest BCUT2D eigenvalue weighted by Gasteiger charge is -2.47. The maximum Gasteiger partial charge on any atom is 0.329 e. The Morgan fingerprint density at radius 2 is 1.65 bits per heavy atom. The van der Waals surface area contributed by atoms with Crippen LogP contribution in [-0.4, -0.2) is 120 Å². The minimum Gasteiger partial charge on any atom is -0.456 e. The largest absolute Gasteiger partial charge is 0.456 e. The second-order valence-electron chi connectivity index (χ2n) is 18.6. The number of aliphatic hydroxyl groups is 2. The minimum absolute atomic E-state index is 0.0383. The Kier molecular flexibility index (Phi) is 18.7. The molecule has 0 aromatic heterocycles. The van der Waals surface area contributed by atoms with Gasteiger partial charge in [0.25, 0.3) is 11.7 Å². The highest BCUT2D eigenvalue weighted by Crippen LogP contribution is 2.39. The fourth-order valence-electron chi connectivity index (χ4n) is 9.71. The van der Waals surface area contributed by atoms with Crippen LogP contribution < -0.4 is 5.73 Å². The van der Waals surface area contributed by atoms with Crippen LogP contribution in [0.2, 0.25) is 0 Å². The van der Waals surface area contributed by atoms with E-state index in [4.69, 9.17) is 29.4 Å². The Morgan fingerprint density at radius 1 is 0.967 bits per heavy atom. The zero-order valence-electron chi connectivity index (χ0n) is 38.0. The summed E-state index contributed by atoms with van der Waals surface area (Å²) >= 11 is 0. The number of cyclic esters (lactones) is 1. The van der Waals surface area contributed by atoms with Crippen LogP contribution in [0.4, 0.5) is 0 Å². The van der Waals surface area contributed by atoms with E-state index >= 15 is 0 Å². The fourth-order valence-corrected chi connectivity index (χ4v) is 9.71. The zero-order valence-corrected chi connectivity index (χ0v) is 38.0.